The summed E-state index contributed by atoms with van der Waals surface area (Å²) < 4.78 is 1.60. The molecular weight excluding hydrogens is 526 g/mol. The van der Waals surface area contributed by atoms with Crippen LogP contribution in [0.4, 0.5) is 5.69 Å². The van der Waals surface area contributed by atoms with E-state index in [4.69, 9.17) is 4.99 Å². The summed E-state index contributed by atoms with van der Waals surface area (Å²) >= 11 is 0. The van der Waals surface area contributed by atoms with Gasteiger partial charge in [0.25, 0.3) is 11.8 Å². The number of anilines is 1. The molecule has 9 nitrogen and oxygen atoms in total. The summed E-state index contributed by atoms with van der Waals surface area (Å²) in [5.74, 6) is -0.831. The first-order valence-corrected chi connectivity index (χ1v) is 13.9. The Morgan fingerprint density at radius 3 is 2.62 bits per heavy atom. The Kier molecular flexibility index (Phi) is 7.70. The van der Waals surface area contributed by atoms with Gasteiger partial charge in [-0.25, -0.2) is 4.68 Å². The molecule has 2 heterocycles. The Morgan fingerprint density at radius 1 is 1.02 bits per heavy atom. The van der Waals surface area contributed by atoms with Crippen molar-refractivity contribution in [1.29, 1.82) is 5.26 Å². The van der Waals surface area contributed by atoms with Gasteiger partial charge in [0.05, 0.1) is 42.2 Å². The van der Waals surface area contributed by atoms with Gasteiger partial charge < -0.3 is 16.0 Å². The lowest BCUT2D eigenvalue weighted by Gasteiger charge is -2.23. The van der Waals surface area contributed by atoms with Crippen LogP contribution in [0.3, 0.4) is 0 Å². The monoisotopic (exact) mass is 555 g/mol. The van der Waals surface area contributed by atoms with E-state index in [0.29, 0.717) is 36.5 Å². The summed E-state index contributed by atoms with van der Waals surface area (Å²) in [5.41, 5.74) is 5.23. The summed E-state index contributed by atoms with van der Waals surface area (Å²) in [4.78, 5) is 30.6. The number of amides is 2. The lowest BCUT2D eigenvalue weighted by atomic mass is 9.90. The standard InChI is InChI=1S/C33H29N7O2/c34-21-22-20-23(38-33(42)30-16-17-37-40(30)24-8-2-1-3-9-24)14-15-28(22)35-18-19-36-31-25-10-4-5-11-26(25)32(41)39-29-13-7-6-12-27(29)31/h1-17,22-23,31,36H,18-20H2,(H,38,42)(H,39,41). The molecule has 6 rings (SSSR count). The number of hydrogen-bond donors (Lipinski definition) is 3. The normalized spacial score (nSPS) is 20.1. The van der Waals surface area contributed by atoms with Gasteiger partial charge in [-0.15, -0.1) is 0 Å². The van der Waals surface area contributed by atoms with Crippen LogP contribution in [-0.2, 0) is 0 Å². The summed E-state index contributed by atoms with van der Waals surface area (Å²) in [7, 11) is 0. The molecule has 1 aliphatic heterocycles. The van der Waals surface area contributed by atoms with Crippen LogP contribution in [0, 0.1) is 17.2 Å². The first-order chi connectivity index (χ1) is 20.6. The number of rotatable bonds is 7. The molecule has 1 aromatic heterocycles. The molecule has 42 heavy (non-hydrogen) atoms. The lowest BCUT2D eigenvalue weighted by Crippen LogP contribution is -2.39. The largest absolute Gasteiger partial charge is 0.344 e. The van der Waals surface area contributed by atoms with Crippen molar-refractivity contribution in [3.05, 3.63) is 126 Å². The molecule has 0 spiro atoms. The number of nitriles is 1. The molecule has 0 radical (unpaired) electrons. The second-order valence-corrected chi connectivity index (χ2v) is 10.1. The van der Waals surface area contributed by atoms with E-state index in [-0.39, 0.29) is 23.9 Å². The molecule has 2 amide bonds. The van der Waals surface area contributed by atoms with Gasteiger partial charge in [0.1, 0.15) is 5.69 Å². The fourth-order valence-electron chi connectivity index (χ4n) is 5.45. The fourth-order valence-corrected chi connectivity index (χ4v) is 5.45. The van der Waals surface area contributed by atoms with Crippen molar-refractivity contribution in [2.45, 2.75) is 18.5 Å². The van der Waals surface area contributed by atoms with Gasteiger partial charge >= 0.3 is 0 Å². The third-order valence-corrected chi connectivity index (χ3v) is 7.49. The highest BCUT2D eigenvalue weighted by Crippen LogP contribution is 2.33. The minimum Gasteiger partial charge on any atom is -0.344 e. The van der Waals surface area contributed by atoms with Gasteiger partial charge in [-0.1, -0.05) is 60.7 Å². The van der Waals surface area contributed by atoms with Gasteiger partial charge in [0, 0.05) is 23.8 Å². The quantitative estimate of drug-likeness (QED) is 0.291. The predicted octanol–water partition coefficient (Wildman–Crippen LogP) is 4.46. The van der Waals surface area contributed by atoms with Gasteiger partial charge in [0.15, 0.2) is 0 Å². The summed E-state index contributed by atoms with van der Waals surface area (Å²) in [5, 5.41) is 23.8. The molecular formula is C33H29N7O2. The van der Waals surface area contributed by atoms with Crippen LogP contribution in [0.5, 0.6) is 0 Å². The van der Waals surface area contributed by atoms with E-state index in [1.165, 1.54) is 0 Å². The number of carbonyl (C=O) groups is 2. The van der Waals surface area contributed by atoms with Crippen molar-refractivity contribution >= 4 is 23.2 Å². The predicted molar refractivity (Wildman–Crippen MR) is 161 cm³/mol. The Hall–Kier alpha value is -5.33. The van der Waals surface area contributed by atoms with Crippen LogP contribution in [0.2, 0.25) is 0 Å². The fraction of sp³-hybridized carbons (Fsp3) is 0.182. The van der Waals surface area contributed by atoms with E-state index in [1.54, 1.807) is 16.9 Å². The molecule has 0 fully saturated rings. The second kappa shape index (κ2) is 12.0. The second-order valence-electron chi connectivity index (χ2n) is 10.1. The van der Waals surface area contributed by atoms with E-state index in [1.807, 2.05) is 91.0 Å². The number of allylic oxidation sites excluding steroid dienone is 1. The Labute approximate surface area is 243 Å². The number of benzene rings is 3. The van der Waals surface area contributed by atoms with E-state index >= 15 is 0 Å². The van der Waals surface area contributed by atoms with Crippen molar-refractivity contribution in [3.63, 3.8) is 0 Å². The summed E-state index contributed by atoms with van der Waals surface area (Å²) in [6.07, 6.45) is 5.74. The molecule has 3 atom stereocenters. The van der Waals surface area contributed by atoms with E-state index in [2.05, 4.69) is 27.1 Å². The zero-order valence-electron chi connectivity index (χ0n) is 22.8. The molecule has 208 valence electrons. The molecule has 3 aromatic carbocycles. The summed E-state index contributed by atoms with van der Waals surface area (Å²) in [6, 6.07) is 28.4. The minimum absolute atomic E-state index is 0.127. The van der Waals surface area contributed by atoms with Crippen LogP contribution in [-0.4, -0.2) is 46.4 Å². The minimum atomic E-state index is -0.444. The van der Waals surface area contributed by atoms with Crippen LogP contribution in [0.25, 0.3) is 5.69 Å². The Balaban J connectivity index is 1.12. The van der Waals surface area contributed by atoms with Gasteiger partial charge in [0.2, 0.25) is 0 Å². The van der Waals surface area contributed by atoms with Crippen LogP contribution < -0.4 is 16.0 Å². The number of aromatic nitrogens is 2. The zero-order valence-corrected chi connectivity index (χ0v) is 22.8. The average molecular weight is 556 g/mol. The number of nitrogens with zero attached hydrogens (tertiary/aromatic N) is 4. The molecule has 3 N–H and O–H groups in total. The maximum atomic E-state index is 13.1. The molecule has 0 saturated carbocycles. The molecule has 9 heteroatoms. The first-order valence-electron chi connectivity index (χ1n) is 13.9. The average Bonchev–Trinajstić information content (AvgIpc) is 3.49. The number of aliphatic imine (C=N–C) groups is 1. The maximum Gasteiger partial charge on any atom is 0.270 e. The van der Waals surface area contributed by atoms with Gasteiger partial charge in [-0.3, -0.25) is 14.6 Å². The number of hydrogen-bond acceptors (Lipinski definition) is 6. The van der Waals surface area contributed by atoms with E-state index in [9.17, 15) is 14.9 Å². The number of para-hydroxylation sites is 2. The van der Waals surface area contributed by atoms with Gasteiger partial charge in [-0.05, 0) is 54.0 Å². The highest BCUT2D eigenvalue weighted by molar-refractivity contribution is 6.07. The third-order valence-electron chi connectivity index (χ3n) is 7.49. The molecule has 1 aliphatic carbocycles. The molecule has 2 aliphatic rings. The lowest BCUT2D eigenvalue weighted by molar-refractivity contribution is 0.0933. The zero-order chi connectivity index (χ0) is 28.9. The number of fused-ring (bicyclic) bond motifs is 2. The number of carbonyl (C=O) groups excluding carboxylic acids is 2. The van der Waals surface area contributed by atoms with Crippen molar-refractivity contribution in [2.75, 3.05) is 18.4 Å². The molecule has 0 bridgehead atoms. The van der Waals surface area contributed by atoms with Crippen LogP contribution in [0.15, 0.2) is 108 Å². The maximum absolute atomic E-state index is 13.1. The smallest absolute Gasteiger partial charge is 0.270 e. The highest BCUT2D eigenvalue weighted by atomic mass is 16.2. The van der Waals surface area contributed by atoms with E-state index < -0.39 is 5.92 Å². The number of nitrogens with one attached hydrogen (secondary N) is 3. The first kappa shape index (κ1) is 26.9. The molecule has 0 saturated heterocycles. The van der Waals surface area contributed by atoms with Crippen molar-refractivity contribution in [1.82, 2.24) is 20.4 Å². The SMILES string of the molecule is N#CC1CC(NC(=O)c2ccnn2-c2ccccc2)C=CC1=NCCNC1c2ccccc2NC(=O)c2ccccc21. The van der Waals surface area contributed by atoms with E-state index in [0.717, 1.165) is 22.5 Å². The van der Waals surface area contributed by atoms with Crippen molar-refractivity contribution in [2.24, 2.45) is 10.9 Å². The third kappa shape index (κ3) is 5.48. The Bertz CT molecular complexity index is 1720. The van der Waals surface area contributed by atoms with Crippen molar-refractivity contribution in [3.8, 4) is 11.8 Å². The molecule has 3 unspecified atom stereocenters. The Morgan fingerprint density at radius 2 is 1.79 bits per heavy atom. The van der Waals surface area contributed by atoms with Crippen molar-refractivity contribution < 1.29 is 9.59 Å². The molecule has 4 aromatic rings. The van der Waals surface area contributed by atoms with Crippen LogP contribution >= 0.6 is 0 Å². The van der Waals surface area contributed by atoms with Crippen LogP contribution in [0.1, 0.15) is 44.4 Å². The highest BCUT2D eigenvalue weighted by Gasteiger charge is 2.28. The van der Waals surface area contributed by atoms with Gasteiger partial charge in [-0.2, -0.15) is 10.4 Å². The summed E-state index contributed by atoms with van der Waals surface area (Å²) in [6.45, 7) is 0.994. The topological polar surface area (TPSA) is 124 Å².